The van der Waals surface area contributed by atoms with Gasteiger partial charge in [-0.2, -0.15) is 0 Å². The summed E-state index contributed by atoms with van der Waals surface area (Å²) in [6, 6.07) is 13.0. The van der Waals surface area contributed by atoms with E-state index in [2.05, 4.69) is 75.2 Å². The number of rotatable bonds is 3. The number of benzene rings is 1. The van der Waals surface area contributed by atoms with Crippen LogP contribution in [-0.2, 0) is 0 Å². The molecule has 0 aliphatic carbocycles. The van der Waals surface area contributed by atoms with Crippen molar-refractivity contribution in [1.29, 1.82) is 0 Å². The first kappa shape index (κ1) is 14.0. The molecule has 0 amide bonds. The van der Waals surface area contributed by atoms with Crippen LogP contribution >= 0.6 is 0 Å². The first-order valence-electron chi connectivity index (χ1n) is 6.95. The fourth-order valence-corrected chi connectivity index (χ4v) is 3.85. The summed E-state index contributed by atoms with van der Waals surface area (Å²) >= 11 is 0. The quantitative estimate of drug-likeness (QED) is 0.753. The van der Waals surface area contributed by atoms with Crippen LogP contribution in [0.3, 0.4) is 0 Å². The standard InChI is InChI=1S/C17H23NSi/c1-13(2)19(4,5)15-10-11-18-17(12-15)16-9-7-6-8-14(16)3/h6-13H,1-5H3. The fraction of sp³-hybridized carbons (Fsp3) is 0.353. The molecule has 0 saturated carbocycles. The molecule has 1 nitrogen and oxygen atoms in total. The van der Waals surface area contributed by atoms with Crippen LogP contribution in [0.4, 0.5) is 0 Å². The number of pyridine rings is 1. The predicted molar refractivity (Wildman–Crippen MR) is 86.6 cm³/mol. The van der Waals surface area contributed by atoms with Crippen LogP contribution in [-0.4, -0.2) is 13.1 Å². The molecule has 2 rings (SSSR count). The monoisotopic (exact) mass is 269 g/mol. The number of nitrogens with zero attached hydrogens (tertiary/aromatic N) is 1. The first-order valence-corrected chi connectivity index (χ1v) is 10.0. The SMILES string of the molecule is Cc1ccccc1-c1cc([Si](C)(C)C(C)C)ccn1. The van der Waals surface area contributed by atoms with Crippen molar-refractivity contribution in [2.75, 3.05) is 0 Å². The van der Waals surface area contributed by atoms with Crippen molar-refractivity contribution < 1.29 is 0 Å². The molecule has 0 spiro atoms. The highest BCUT2D eigenvalue weighted by Gasteiger charge is 2.27. The van der Waals surface area contributed by atoms with Gasteiger partial charge < -0.3 is 0 Å². The van der Waals surface area contributed by atoms with Crippen LogP contribution in [0.2, 0.25) is 18.6 Å². The minimum Gasteiger partial charge on any atom is -0.256 e. The van der Waals surface area contributed by atoms with E-state index in [0.29, 0.717) is 0 Å². The normalized spacial score (nSPS) is 11.9. The van der Waals surface area contributed by atoms with Gasteiger partial charge in [-0.15, -0.1) is 0 Å². The van der Waals surface area contributed by atoms with E-state index >= 15 is 0 Å². The van der Waals surface area contributed by atoms with Crippen LogP contribution < -0.4 is 5.19 Å². The maximum absolute atomic E-state index is 4.57. The van der Waals surface area contributed by atoms with Gasteiger partial charge >= 0.3 is 0 Å². The summed E-state index contributed by atoms with van der Waals surface area (Å²) in [5.74, 6) is 0. The molecular formula is C17H23NSi. The van der Waals surface area contributed by atoms with Crippen LogP contribution in [0.15, 0.2) is 42.6 Å². The van der Waals surface area contributed by atoms with Crippen molar-refractivity contribution in [2.24, 2.45) is 0 Å². The van der Waals surface area contributed by atoms with Gasteiger partial charge in [0.15, 0.2) is 0 Å². The molecular weight excluding hydrogens is 246 g/mol. The fourth-order valence-electron chi connectivity index (χ4n) is 2.17. The van der Waals surface area contributed by atoms with Gasteiger partial charge in [-0.25, -0.2) is 0 Å². The lowest BCUT2D eigenvalue weighted by molar-refractivity contribution is 1.02. The van der Waals surface area contributed by atoms with Gasteiger partial charge in [-0.1, -0.05) is 56.4 Å². The van der Waals surface area contributed by atoms with Crippen molar-refractivity contribution in [3.63, 3.8) is 0 Å². The van der Waals surface area contributed by atoms with Crippen molar-refractivity contribution in [3.05, 3.63) is 48.2 Å². The summed E-state index contributed by atoms with van der Waals surface area (Å²) in [6.45, 7) is 11.7. The highest BCUT2D eigenvalue weighted by Crippen LogP contribution is 2.24. The largest absolute Gasteiger partial charge is 0.256 e. The van der Waals surface area contributed by atoms with Gasteiger partial charge in [0.05, 0.1) is 13.8 Å². The Labute approximate surface area is 117 Å². The zero-order valence-electron chi connectivity index (χ0n) is 12.6. The number of hydrogen-bond donors (Lipinski definition) is 0. The Bertz CT molecular complexity index is 573. The Morgan fingerprint density at radius 3 is 2.37 bits per heavy atom. The highest BCUT2D eigenvalue weighted by atomic mass is 28.3. The second-order valence-corrected chi connectivity index (χ2v) is 11.3. The van der Waals surface area contributed by atoms with E-state index in [-0.39, 0.29) is 0 Å². The number of aromatic nitrogens is 1. The zero-order chi connectivity index (χ0) is 14.0. The summed E-state index contributed by atoms with van der Waals surface area (Å²) in [4.78, 5) is 4.57. The molecule has 0 unspecified atom stereocenters. The third kappa shape index (κ3) is 2.79. The first-order chi connectivity index (χ1) is 8.93. The maximum Gasteiger partial charge on any atom is 0.0833 e. The highest BCUT2D eigenvalue weighted by molar-refractivity contribution is 6.90. The van der Waals surface area contributed by atoms with Crippen molar-refractivity contribution in [1.82, 2.24) is 4.98 Å². The van der Waals surface area contributed by atoms with Gasteiger partial charge in [-0.05, 0) is 30.2 Å². The Balaban J connectivity index is 2.49. The third-order valence-electron chi connectivity index (χ3n) is 4.37. The number of hydrogen-bond acceptors (Lipinski definition) is 1. The second-order valence-electron chi connectivity index (χ2n) is 6.12. The molecule has 100 valence electrons. The average molecular weight is 269 g/mol. The maximum atomic E-state index is 4.57. The van der Waals surface area contributed by atoms with Crippen molar-refractivity contribution in [2.45, 2.75) is 39.4 Å². The van der Waals surface area contributed by atoms with Gasteiger partial charge in [0.2, 0.25) is 0 Å². The topological polar surface area (TPSA) is 12.9 Å². The second kappa shape index (κ2) is 5.30. The van der Waals surface area contributed by atoms with Crippen LogP contribution in [0, 0.1) is 6.92 Å². The lowest BCUT2D eigenvalue weighted by atomic mass is 10.1. The van der Waals surface area contributed by atoms with Crippen molar-refractivity contribution in [3.8, 4) is 11.3 Å². The van der Waals surface area contributed by atoms with Gasteiger partial charge in [-0.3, -0.25) is 4.98 Å². The smallest absolute Gasteiger partial charge is 0.0833 e. The van der Waals surface area contributed by atoms with Gasteiger partial charge in [0.1, 0.15) is 0 Å². The van der Waals surface area contributed by atoms with E-state index in [1.165, 1.54) is 16.3 Å². The Hall–Kier alpha value is -1.41. The minimum atomic E-state index is -1.38. The molecule has 0 saturated heterocycles. The molecule has 1 aromatic heterocycles. The summed E-state index contributed by atoms with van der Waals surface area (Å²) in [7, 11) is -1.38. The molecule has 0 aliphatic heterocycles. The molecule has 19 heavy (non-hydrogen) atoms. The van der Waals surface area contributed by atoms with E-state index in [9.17, 15) is 0 Å². The van der Waals surface area contributed by atoms with E-state index < -0.39 is 8.07 Å². The molecule has 0 aliphatic rings. The summed E-state index contributed by atoms with van der Waals surface area (Å²) < 4.78 is 0. The van der Waals surface area contributed by atoms with Crippen LogP contribution in [0.1, 0.15) is 19.4 Å². The molecule has 0 fully saturated rings. The molecule has 0 atom stereocenters. The molecule has 0 bridgehead atoms. The van der Waals surface area contributed by atoms with E-state index in [0.717, 1.165) is 11.2 Å². The molecule has 2 aromatic rings. The van der Waals surface area contributed by atoms with Crippen LogP contribution in [0.5, 0.6) is 0 Å². The molecule has 1 aromatic carbocycles. The van der Waals surface area contributed by atoms with Crippen molar-refractivity contribution >= 4 is 13.3 Å². The lowest BCUT2D eigenvalue weighted by Gasteiger charge is -2.27. The molecule has 0 radical (unpaired) electrons. The average Bonchev–Trinajstić information content (AvgIpc) is 2.39. The zero-order valence-corrected chi connectivity index (χ0v) is 13.6. The van der Waals surface area contributed by atoms with E-state index in [4.69, 9.17) is 0 Å². The van der Waals surface area contributed by atoms with E-state index in [1.807, 2.05) is 6.20 Å². The summed E-state index contributed by atoms with van der Waals surface area (Å²) in [6.07, 6.45) is 1.97. The molecule has 0 N–H and O–H groups in total. The summed E-state index contributed by atoms with van der Waals surface area (Å²) in [5, 5.41) is 1.50. The lowest BCUT2D eigenvalue weighted by Crippen LogP contribution is -2.44. The number of aryl methyl sites for hydroxylation is 1. The van der Waals surface area contributed by atoms with Crippen LogP contribution in [0.25, 0.3) is 11.3 Å². The predicted octanol–water partition coefficient (Wildman–Crippen LogP) is 4.38. The third-order valence-corrected chi connectivity index (χ3v) is 9.05. The minimum absolute atomic E-state index is 0.736. The Morgan fingerprint density at radius 2 is 1.74 bits per heavy atom. The van der Waals surface area contributed by atoms with Gasteiger partial charge in [0, 0.05) is 11.8 Å². The molecule has 1 heterocycles. The van der Waals surface area contributed by atoms with E-state index in [1.54, 1.807) is 0 Å². The van der Waals surface area contributed by atoms with Gasteiger partial charge in [0.25, 0.3) is 0 Å². The Morgan fingerprint density at radius 1 is 1.05 bits per heavy atom. The summed E-state index contributed by atoms with van der Waals surface area (Å²) in [5.41, 5.74) is 4.38. The molecule has 2 heteroatoms. The Kier molecular flexibility index (Phi) is 3.90.